The van der Waals surface area contributed by atoms with E-state index in [9.17, 15) is 5.11 Å². The second-order valence-corrected chi connectivity index (χ2v) is 5.19. The van der Waals surface area contributed by atoms with Gasteiger partial charge in [0, 0.05) is 27.9 Å². The summed E-state index contributed by atoms with van der Waals surface area (Å²) in [5.41, 5.74) is 2.68. The van der Waals surface area contributed by atoms with Crippen LogP contribution >= 0.6 is 11.3 Å². The topological polar surface area (TPSA) is 42.4 Å². The lowest BCUT2D eigenvalue weighted by molar-refractivity contribution is -0.0210. The van der Waals surface area contributed by atoms with Gasteiger partial charge in [0.05, 0.1) is 4.88 Å². The lowest BCUT2D eigenvalue weighted by Crippen LogP contribution is -2.12. The molecule has 0 aliphatic carbocycles. The van der Waals surface area contributed by atoms with Crippen molar-refractivity contribution >= 4 is 11.3 Å². The molecule has 82 valence electrons. The first-order valence-corrected chi connectivity index (χ1v) is 5.89. The summed E-state index contributed by atoms with van der Waals surface area (Å²) in [5, 5.41) is 9.90. The summed E-state index contributed by atoms with van der Waals surface area (Å²) in [4.78, 5) is 6.51. The SMILES string of the molecule is Cc1cc2c(cn1)-c1sc(C)cc1OC2O. The van der Waals surface area contributed by atoms with Crippen molar-refractivity contribution in [3.63, 3.8) is 0 Å². The lowest BCUT2D eigenvalue weighted by Gasteiger charge is -2.22. The van der Waals surface area contributed by atoms with E-state index in [1.54, 1.807) is 11.3 Å². The predicted molar refractivity (Wildman–Crippen MR) is 62.6 cm³/mol. The minimum absolute atomic E-state index is 0.758. The van der Waals surface area contributed by atoms with Gasteiger partial charge in [-0.15, -0.1) is 11.3 Å². The summed E-state index contributed by atoms with van der Waals surface area (Å²) in [7, 11) is 0. The Bertz CT molecular complexity index is 562. The Morgan fingerprint density at radius 3 is 3.00 bits per heavy atom. The molecular weight excluding hydrogens is 222 g/mol. The summed E-state index contributed by atoms with van der Waals surface area (Å²) in [5.74, 6) is 0.758. The van der Waals surface area contributed by atoms with Crippen molar-refractivity contribution in [1.29, 1.82) is 0 Å². The van der Waals surface area contributed by atoms with Gasteiger partial charge in [-0.2, -0.15) is 0 Å². The van der Waals surface area contributed by atoms with E-state index in [1.807, 2.05) is 32.2 Å². The number of aliphatic hydroxyl groups is 1. The van der Waals surface area contributed by atoms with Gasteiger partial charge in [-0.05, 0) is 26.0 Å². The van der Waals surface area contributed by atoms with Crippen LogP contribution in [0.25, 0.3) is 10.4 Å². The third-order valence-electron chi connectivity index (χ3n) is 2.64. The highest BCUT2D eigenvalue weighted by atomic mass is 32.1. The second-order valence-electron chi connectivity index (χ2n) is 3.93. The zero-order valence-electron chi connectivity index (χ0n) is 9.02. The fraction of sp³-hybridized carbons (Fsp3) is 0.250. The van der Waals surface area contributed by atoms with Crippen LogP contribution in [0.5, 0.6) is 5.75 Å². The summed E-state index contributed by atoms with van der Waals surface area (Å²) in [6, 6.07) is 3.82. The van der Waals surface area contributed by atoms with E-state index in [2.05, 4.69) is 4.98 Å². The summed E-state index contributed by atoms with van der Waals surface area (Å²) >= 11 is 1.66. The van der Waals surface area contributed by atoms with Crippen LogP contribution in [-0.2, 0) is 0 Å². The first kappa shape index (κ1) is 9.81. The molecule has 0 saturated heterocycles. The Morgan fingerprint density at radius 2 is 2.19 bits per heavy atom. The fourth-order valence-electron chi connectivity index (χ4n) is 1.92. The monoisotopic (exact) mass is 233 g/mol. The second kappa shape index (κ2) is 3.30. The van der Waals surface area contributed by atoms with Crippen LogP contribution in [0.4, 0.5) is 0 Å². The maximum absolute atomic E-state index is 9.90. The van der Waals surface area contributed by atoms with E-state index < -0.39 is 6.29 Å². The highest BCUT2D eigenvalue weighted by Crippen LogP contribution is 2.46. The molecule has 1 unspecified atom stereocenters. The van der Waals surface area contributed by atoms with Crippen molar-refractivity contribution in [2.75, 3.05) is 0 Å². The highest BCUT2D eigenvalue weighted by molar-refractivity contribution is 7.15. The number of ether oxygens (including phenoxy) is 1. The van der Waals surface area contributed by atoms with E-state index in [0.717, 1.165) is 27.4 Å². The molecule has 1 N–H and O–H groups in total. The summed E-state index contributed by atoms with van der Waals surface area (Å²) in [6.45, 7) is 3.93. The first-order valence-electron chi connectivity index (χ1n) is 5.07. The number of aliphatic hydroxyl groups excluding tert-OH is 1. The van der Waals surface area contributed by atoms with Gasteiger partial charge in [0.25, 0.3) is 0 Å². The zero-order valence-corrected chi connectivity index (χ0v) is 9.84. The number of nitrogens with zero attached hydrogens (tertiary/aromatic N) is 1. The first-order chi connectivity index (χ1) is 7.65. The number of aromatic nitrogens is 1. The van der Waals surface area contributed by atoms with Crippen LogP contribution in [0.3, 0.4) is 0 Å². The molecule has 0 radical (unpaired) electrons. The normalized spacial score (nSPS) is 17.6. The summed E-state index contributed by atoms with van der Waals surface area (Å²) < 4.78 is 5.47. The molecule has 3 rings (SSSR count). The predicted octanol–water partition coefficient (Wildman–Crippen LogP) is 2.81. The van der Waals surface area contributed by atoms with E-state index >= 15 is 0 Å². The van der Waals surface area contributed by atoms with Crippen LogP contribution in [0.1, 0.15) is 22.4 Å². The highest BCUT2D eigenvalue weighted by Gasteiger charge is 2.26. The molecule has 0 aromatic carbocycles. The number of hydrogen-bond donors (Lipinski definition) is 1. The maximum atomic E-state index is 9.90. The largest absolute Gasteiger partial charge is 0.459 e. The van der Waals surface area contributed by atoms with Crippen LogP contribution in [-0.4, -0.2) is 10.1 Å². The minimum Gasteiger partial charge on any atom is -0.459 e. The average molecular weight is 233 g/mol. The van der Waals surface area contributed by atoms with Crippen molar-refractivity contribution < 1.29 is 9.84 Å². The van der Waals surface area contributed by atoms with E-state index in [1.165, 1.54) is 4.88 Å². The van der Waals surface area contributed by atoms with Crippen molar-refractivity contribution in [3.8, 4) is 16.2 Å². The van der Waals surface area contributed by atoms with Crippen molar-refractivity contribution in [1.82, 2.24) is 4.98 Å². The third kappa shape index (κ3) is 1.34. The number of fused-ring (bicyclic) bond motifs is 3. The third-order valence-corrected chi connectivity index (χ3v) is 3.71. The van der Waals surface area contributed by atoms with Gasteiger partial charge in [-0.1, -0.05) is 0 Å². The van der Waals surface area contributed by atoms with Crippen molar-refractivity contribution in [2.45, 2.75) is 20.1 Å². The molecule has 2 aromatic rings. The minimum atomic E-state index is -0.877. The molecule has 3 nitrogen and oxygen atoms in total. The van der Waals surface area contributed by atoms with Crippen molar-refractivity contribution in [3.05, 3.63) is 34.5 Å². The van der Waals surface area contributed by atoms with Crippen LogP contribution in [0.2, 0.25) is 0 Å². The van der Waals surface area contributed by atoms with E-state index in [0.29, 0.717) is 0 Å². The molecular formula is C12H11NO2S. The Balaban J connectivity index is 2.27. The Kier molecular flexibility index (Phi) is 2.02. The molecule has 4 heteroatoms. The van der Waals surface area contributed by atoms with Gasteiger partial charge in [-0.3, -0.25) is 4.98 Å². The van der Waals surface area contributed by atoms with E-state index in [-0.39, 0.29) is 0 Å². The molecule has 0 fully saturated rings. The molecule has 1 aliphatic heterocycles. The maximum Gasteiger partial charge on any atom is 0.225 e. The molecule has 0 bridgehead atoms. The van der Waals surface area contributed by atoms with Gasteiger partial charge in [0.2, 0.25) is 6.29 Å². The molecule has 0 amide bonds. The number of hydrogen-bond acceptors (Lipinski definition) is 4. The van der Waals surface area contributed by atoms with E-state index in [4.69, 9.17) is 4.74 Å². The quantitative estimate of drug-likeness (QED) is 0.760. The lowest BCUT2D eigenvalue weighted by atomic mass is 10.0. The van der Waals surface area contributed by atoms with Crippen molar-refractivity contribution in [2.24, 2.45) is 0 Å². The molecule has 2 aromatic heterocycles. The van der Waals surface area contributed by atoms with Gasteiger partial charge < -0.3 is 9.84 Å². The molecule has 16 heavy (non-hydrogen) atoms. The number of rotatable bonds is 0. The fourth-order valence-corrected chi connectivity index (χ4v) is 2.90. The zero-order chi connectivity index (χ0) is 11.3. The molecule has 0 spiro atoms. The Morgan fingerprint density at radius 1 is 1.38 bits per heavy atom. The number of aryl methyl sites for hydroxylation is 2. The molecule has 0 saturated carbocycles. The van der Waals surface area contributed by atoms with Gasteiger partial charge in [0.15, 0.2) is 0 Å². The molecule has 1 atom stereocenters. The van der Waals surface area contributed by atoms with Gasteiger partial charge in [-0.25, -0.2) is 0 Å². The van der Waals surface area contributed by atoms with Gasteiger partial charge in [0.1, 0.15) is 5.75 Å². The Labute approximate surface area is 97.3 Å². The Hall–Kier alpha value is -1.39. The van der Waals surface area contributed by atoms with Gasteiger partial charge >= 0.3 is 0 Å². The number of pyridine rings is 1. The summed E-state index contributed by atoms with van der Waals surface area (Å²) in [6.07, 6.45) is 0.934. The van der Waals surface area contributed by atoms with Crippen LogP contribution in [0.15, 0.2) is 18.3 Å². The smallest absolute Gasteiger partial charge is 0.225 e. The molecule has 1 aliphatic rings. The van der Waals surface area contributed by atoms with Crippen LogP contribution < -0.4 is 4.74 Å². The molecule has 3 heterocycles. The standard InChI is InChI=1S/C12H11NO2S/c1-6-3-8-9(5-13-6)11-10(15-12(8)14)4-7(2)16-11/h3-5,12,14H,1-2H3. The average Bonchev–Trinajstić information content (AvgIpc) is 2.59. The number of thiophene rings is 1. The van der Waals surface area contributed by atoms with Crippen LogP contribution in [0, 0.1) is 13.8 Å².